The van der Waals surface area contributed by atoms with Crippen LogP contribution in [0.1, 0.15) is 73.0 Å². The second-order valence-electron chi connectivity index (χ2n) is 11.6. The summed E-state index contributed by atoms with van der Waals surface area (Å²) in [4.78, 5) is 19.2. The maximum absolute atomic E-state index is 13.0. The van der Waals surface area contributed by atoms with Crippen molar-refractivity contribution in [3.05, 3.63) is 82.6 Å². The fraction of sp³-hybridized carbons (Fsp3) is 0.419. The minimum atomic E-state index is -0.638. The van der Waals surface area contributed by atoms with Gasteiger partial charge in [0.15, 0.2) is 5.82 Å². The topological polar surface area (TPSA) is 120 Å². The van der Waals surface area contributed by atoms with Gasteiger partial charge in [-0.2, -0.15) is 10.2 Å². The van der Waals surface area contributed by atoms with Crippen LogP contribution in [0.2, 0.25) is 0 Å². The van der Waals surface area contributed by atoms with Crippen molar-refractivity contribution in [2.45, 2.75) is 70.4 Å². The zero-order valence-corrected chi connectivity index (χ0v) is 23.4. The van der Waals surface area contributed by atoms with E-state index in [0.717, 1.165) is 79.6 Å². The Morgan fingerprint density at radius 2 is 2.02 bits per heavy atom. The van der Waals surface area contributed by atoms with Crippen molar-refractivity contribution in [3.63, 3.8) is 0 Å². The van der Waals surface area contributed by atoms with E-state index in [9.17, 15) is 4.79 Å². The number of benzene rings is 1. The quantitative estimate of drug-likeness (QED) is 0.349. The van der Waals surface area contributed by atoms with E-state index in [1.54, 1.807) is 0 Å². The lowest BCUT2D eigenvalue weighted by molar-refractivity contribution is -0.134. The lowest BCUT2D eigenvalue weighted by atomic mass is 9.93. The Labute approximate surface area is 234 Å². The van der Waals surface area contributed by atoms with Crippen LogP contribution in [-0.2, 0) is 17.8 Å². The molecule has 2 aliphatic rings. The van der Waals surface area contributed by atoms with E-state index < -0.39 is 5.54 Å². The maximum Gasteiger partial charge on any atom is 0.242 e. The summed E-state index contributed by atoms with van der Waals surface area (Å²) in [5, 5.41) is 9.41. The average Bonchev–Trinajstić information content (AvgIpc) is 3.45. The Morgan fingerprint density at radius 1 is 1.23 bits per heavy atom. The predicted molar refractivity (Wildman–Crippen MR) is 157 cm³/mol. The molecule has 0 radical (unpaired) electrons. The smallest absolute Gasteiger partial charge is 0.242 e. The van der Waals surface area contributed by atoms with E-state index in [4.69, 9.17) is 16.6 Å². The highest BCUT2D eigenvalue weighted by atomic mass is 16.2. The van der Waals surface area contributed by atoms with Gasteiger partial charge in [0.25, 0.3) is 0 Å². The second-order valence-corrected chi connectivity index (χ2v) is 11.6. The highest BCUT2D eigenvalue weighted by Crippen LogP contribution is 2.37. The first-order valence-corrected chi connectivity index (χ1v) is 14.2. The summed E-state index contributed by atoms with van der Waals surface area (Å²) in [6, 6.07) is 12.6. The summed E-state index contributed by atoms with van der Waals surface area (Å²) in [5.74, 6) is 0.758. The Balaban J connectivity index is 1.19. The van der Waals surface area contributed by atoms with Crippen LogP contribution in [0.15, 0.2) is 54.5 Å². The number of fused-ring (bicyclic) bond motifs is 1. The first kappa shape index (κ1) is 26.3. The Morgan fingerprint density at radius 3 is 2.80 bits per heavy atom. The number of carbonyl (C=O) groups is 1. The molecule has 4 heterocycles. The molecule has 1 saturated heterocycles. The highest BCUT2D eigenvalue weighted by Gasteiger charge is 2.48. The molecule has 40 heavy (non-hydrogen) atoms. The van der Waals surface area contributed by atoms with Crippen LogP contribution in [0.5, 0.6) is 0 Å². The van der Waals surface area contributed by atoms with Crippen LogP contribution in [-0.4, -0.2) is 53.8 Å². The van der Waals surface area contributed by atoms with Crippen LogP contribution in [0, 0.1) is 6.92 Å². The Kier molecular flexibility index (Phi) is 6.92. The molecule has 1 atom stereocenters. The van der Waals surface area contributed by atoms with Gasteiger partial charge in [-0.15, -0.1) is 0 Å². The lowest BCUT2D eigenvalue weighted by Crippen LogP contribution is -2.49. The number of nitrogen functional groups attached to an aromatic ring is 1. The number of aromatic nitrogens is 5. The number of aryl methyl sites for hydroxylation is 2. The zero-order valence-electron chi connectivity index (χ0n) is 23.4. The fourth-order valence-electron chi connectivity index (χ4n) is 5.89. The standard InChI is InChI=1S/C31H38N8O/c1-21(15-26-22(2)17-38(36-26)18-23-7-4-3-5-8-23)10-11-24-16-27(39-28(24)29(32)34-20-35-39)25-9-6-14-37(19-25)30(40)31(33)12-13-31/h3-5,7-8,15-17,20,25H,6,9-14,18-19,33H2,1-2H3,(H2,32,34,35)/b21-15+. The molecule has 6 rings (SSSR count). The monoisotopic (exact) mass is 538 g/mol. The third-order valence-electron chi connectivity index (χ3n) is 8.37. The van der Waals surface area contributed by atoms with E-state index in [-0.39, 0.29) is 11.8 Å². The number of amides is 1. The number of hydrogen-bond acceptors (Lipinski definition) is 6. The third-order valence-corrected chi connectivity index (χ3v) is 8.37. The van der Waals surface area contributed by atoms with Crippen molar-refractivity contribution >= 4 is 23.3 Å². The lowest BCUT2D eigenvalue weighted by Gasteiger charge is -2.34. The summed E-state index contributed by atoms with van der Waals surface area (Å²) >= 11 is 0. The number of anilines is 1. The third kappa shape index (κ3) is 5.25. The first-order valence-electron chi connectivity index (χ1n) is 14.2. The van der Waals surface area contributed by atoms with Gasteiger partial charge in [-0.3, -0.25) is 9.48 Å². The van der Waals surface area contributed by atoms with Crippen molar-refractivity contribution < 1.29 is 4.79 Å². The summed E-state index contributed by atoms with van der Waals surface area (Å²) in [5.41, 5.74) is 19.7. The van der Waals surface area contributed by atoms with Crippen molar-refractivity contribution in [3.8, 4) is 0 Å². The van der Waals surface area contributed by atoms with Gasteiger partial charge in [-0.05, 0) is 81.2 Å². The number of likely N-dealkylation sites (tertiary alicyclic amines) is 1. The number of hydrogen-bond donors (Lipinski definition) is 2. The molecule has 1 saturated carbocycles. The van der Waals surface area contributed by atoms with Gasteiger partial charge in [0.05, 0.1) is 17.8 Å². The van der Waals surface area contributed by atoms with E-state index in [2.05, 4.69) is 66.5 Å². The summed E-state index contributed by atoms with van der Waals surface area (Å²) in [7, 11) is 0. The molecule has 4 N–H and O–H groups in total. The second kappa shape index (κ2) is 10.5. The van der Waals surface area contributed by atoms with Crippen LogP contribution in [0.3, 0.4) is 0 Å². The number of nitrogens with two attached hydrogens (primary N) is 2. The molecule has 9 nitrogen and oxygen atoms in total. The van der Waals surface area contributed by atoms with Crippen LogP contribution in [0.25, 0.3) is 11.6 Å². The fourth-order valence-corrected chi connectivity index (χ4v) is 5.89. The zero-order chi connectivity index (χ0) is 27.9. The minimum Gasteiger partial charge on any atom is -0.382 e. The molecule has 1 amide bonds. The molecule has 0 bridgehead atoms. The molecule has 1 aliphatic carbocycles. The summed E-state index contributed by atoms with van der Waals surface area (Å²) in [6.45, 7) is 6.44. The number of allylic oxidation sites excluding steroid dienone is 1. The minimum absolute atomic E-state index is 0.0923. The molecule has 1 aromatic carbocycles. The molecule has 3 aromatic heterocycles. The van der Waals surface area contributed by atoms with Gasteiger partial charge in [0.2, 0.25) is 5.91 Å². The first-order chi connectivity index (χ1) is 19.3. The largest absolute Gasteiger partial charge is 0.382 e. The Hall–Kier alpha value is -3.98. The highest BCUT2D eigenvalue weighted by molar-refractivity contribution is 5.89. The molecule has 4 aromatic rings. The number of carbonyl (C=O) groups excluding carboxylic acids is 1. The van der Waals surface area contributed by atoms with Crippen molar-refractivity contribution in [1.82, 2.24) is 29.3 Å². The van der Waals surface area contributed by atoms with Gasteiger partial charge in [-0.1, -0.05) is 35.9 Å². The molecule has 1 aliphatic heterocycles. The van der Waals surface area contributed by atoms with Gasteiger partial charge >= 0.3 is 0 Å². The van der Waals surface area contributed by atoms with E-state index in [1.165, 1.54) is 17.5 Å². The molecule has 0 spiro atoms. The van der Waals surface area contributed by atoms with E-state index >= 15 is 0 Å². The molecule has 1 unspecified atom stereocenters. The van der Waals surface area contributed by atoms with E-state index in [0.29, 0.717) is 12.4 Å². The van der Waals surface area contributed by atoms with Gasteiger partial charge in [0.1, 0.15) is 11.8 Å². The summed E-state index contributed by atoms with van der Waals surface area (Å²) < 4.78 is 3.95. The number of rotatable bonds is 8. The van der Waals surface area contributed by atoms with Crippen molar-refractivity contribution in [2.24, 2.45) is 5.73 Å². The molecule has 2 fully saturated rings. The molecule has 9 heteroatoms. The van der Waals surface area contributed by atoms with Gasteiger partial charge < -0.3 is 16.4 Å². The predicted octanol–water partition coefficient (Wildman–Crippen LogP) is 4.10. The SMILES string of the molecule is C/C(=C\c1nn(Cc2ccccc2)cc1C)CCc1cc(C2CCCN(C(=O)C3(N)CC3)C2)n2ncnc(N)c12. The van der Waals surface area contributed by atoms with Crippen molar-refractivity contribution in [2.75, 3.05) is 18.8 Å². The van der Waals surface area contributed by atoms with Crippen LogP contribution >= 0.6 is 0 Å². The molecule has 208 valence electrons. The molecular weight excluding hydrogens is 500 g/mol. The van der Waals surface area contributed by atoms with Crippen molar-refractivity contribution in [1.29, 1.82) is 0 Å². The average molecular weight is 539 g/mol. The number of nitrogens with zero attached hydrogens (tertiary/aromatic N) is 6. The van der Waals surface area contributed by atoms with Crippen LogP contribution < -0.4 is 11.5 Å². The number of piperidine rings is 1. The summed E-state index contributed by atoms with van der Waals surface area (Å²) in [6.07, 6.45) is 11.0. The van der Waals surface area contributed by atoms with Gasteiger partial charge in [0, 0.05) is 30.9 Å². The Bertz CT molecular complexity index is 1560. The van der Waals surface area contributed by atoms with E-state index in [1.807, 2.05) is 20.2 Å². The molecular formula is C31H38N8O. The van der Waals surface area contributed by atoms with Gasteiger partial charge in [-0.25, -0.2) is 9.50 Å². The maximum atomic E-state index is 13.0. The normalized spacial score (nSPS) is 18.8. The van der Waals surface area contributed by atoms with Crippen LogP contribution in [0.4, 0.5) is 5.82 Å².